The highest BCUT2D eigenvalue weighted by Gasteiger charge is 2.51. The van der Waals surface area contributed by atoms with E-state index in [0.717, 1.165) is 6.92 Å². The van der Waals surface area contributed by atoms with Crippen LogP contribution in [0.3, 0.4) is 0 Å². The maximum atomic E-state index is 13.3. The van der Waals surface area contributed by atoms with Crippen LogP contribution in [0, 0.1) is 0 Å². The van der Waals surface area contributed by atoms with E-state index < -0.39 is 21.8 Å². The third-order valence-corrected chi connectivity index (χ3v) is 9.87. The molecule has 3 atom stereocenters. The lowest BCUT2D eigenvalue weighted by molar-refractivity contribution is -0.258. The first-order chi connectivity index (χ1) is 16.4. The average Bonchev–Trinajstić information content (AvgIpc) is 3.31. The topological polar surface area (TPSA) is 82.1 Å². The van der Waals surface area contributed by atoms with Gasteiger partial charge in [0.15, 0.2) is 5.60 Å². The number of benzene rings is 1. The van der Waals surface area contributed by atoms with Crippen LogP contribution >= 0.6 is 11.3 Å². The Morgan fingerprint density at radius 2 is 1.89 bits per heavy atom. The zero-order valence-electron chi connectivity index (χ0n) is 19.5. The van der Waals surface area contributed by atoms with Crippen molar-refractivity contribution in [3.8, 4) is 0 Å². The van der Waals surface area contributed by atoms with Crippen molar-refractivity contribution in [3.63, 3.8) is 0 Å². The van der Waals surface area contributed by atoms with Crippen molar-refractivity contribution >= 4 is 27.0 Å². The minimum atomic E-state index is -4.80. The smallest absolute Gasteiger partial charge is 0.378 e. The van der Waals surface area contributed by atoms with E-state index in [-0.39, 0.29) is 36.8 Å². The number of ether oxygens (including phenoxy) is 1. The second kappa shape index (κ2) is 9.98. The first-order valence-electron chi connectivity index (χ1n) is 11.4. The molecule has 3 heterocycles. The highest BCUT2D eigenvalue weighted by molar-refractivity contribution is 7.91. The van der Waals surface area contributed by atoms with Gasteiger partial charge < -0.3 is 20.1 Å². The summed E-state index contributed by atoms with van der Waals surface area (Å²) >= 11 is 1.18. The summed E-state index contributed by atoms with van der Waals surface area (Å²) in [7, 11) is -3.63. The van der Waals surface area contributed by atoms with Gasteiger partial charge in [-0.15, -0.1) is 11.3 Å². The maximum absolute atomic E-state index is 13.3. The van der Waals surface area contributed by atoms with Gasteiger partial charge in [-0.3, -0.25) is 0 Å². The fourth-order valence-corrected chi connectivity index (χ4v) is 7.09. The third-order valence-electron chi connectivity index (χ3n) is 6.63. The van der Waals surface area contributed by atoms with Gasteiger partial charge in [-0.2, -0.15) is 17.5 Å². The molecule has 0 bridgehead atoms. The van der Waals surface area contributed by atoms with Gasteiger partial charge in [-0.1, -0.05) is 18.2 Å². The van der Waals surface area contributed by atoms with Gasteiger partial charge in [0.25, 0.3) is 10.0 Å². The Balaban J connectivity index is 1.56. The summed E-state index contributed by atoms with van der Waals surface area (Å²) < 4.78 is 73.1. The average molecular weight is 534 g/mol. The molecule has 2 N–H and O–H groups in total. The van der Waals surface area contributed by atoms with Crippen LogP contribution < -0.4 is 10.2 Å². The zero-order valence-corrected chi connectivity index (χ0v) is 21.2. The largest absolute Gasteiger partial charge is 0.421 e. The van der Waals surface area contributed by atoms with Gasteiger partial charge in [-0.05, 0) is 49.4 Å². The highest BCUT2D eigenvalue weighted by Crippen LogP contribution is 2.39. The molecule has 7 nitrogen and oxygen atoms in total. The number of piperazine rings is 1. The Morgan fingerprint density at radius 1 is 1.20 bits per heavy atom. The molecule has 2 saturated heterocycles. The summed E-state index contributed by atoms with van der Waals surface area (Å²) in [5, 5.41) is 15.2. The molecule has 1 aromatic heterocycles. The van der Waals surface area contributed by atoms with Gasteiger partial charge in [0, 0.05) is 37.4 Å². The summed E-state index contributed by atoms with van der Waals surface area (Å²) in [6.45, 7) is 4.95. The number of sulfonamides is 1. The van der Waals surface area contributed by atoms with Crippen LogP contribution in [0.25, 0.3) is 0 Å². The fraction of sp³-hybridized carbons (Fsp3) is 0.565. The molecule has 2 aliphatic rings. The summed E-state index contributed by atoms with van der Waals surface area (Å²) in [4.78, 5) is 2.04. The molecule has 35 heavy (non-hydrogen) atoms. The van der Waals surface area contributed by atoms with Gasteiger partial charge in [0.2, 0.25) is 0 Å². The van der Waals surface area contributed by atoms with E-state index in [0.29, 0.717) is 36.1 Å². The monoisotopic (exact) mass is 533 g/mol. The number of hydrogen-bond donors (Lipinski definition) is 2. The molecule has 1 aromatic carbocycles. The Hall–Kier alpha value is -1.70. The SMILES string of the molecule is CC(C[C@H]1CN(S(=O)(=O)c2cccs2)CCN1c1ccc([C@](C)(O)C(F)(F)F)cc1)NC1COC1. The van der Waals surface area contributed by atoms with Gasteiger partial charge in [0.05, 0.1) is 19.3 Å². The molecule has 2 aromatic rings. The van der Waals surface area contributed by atoms with E-state index in [4.69, 9.17) is 4.74 Å². The summed E-state index contributed by atoms with van der Waals surface area (Å²) in [6, 6.07) is 9.11. The molecule has 12 heteroatoms. The van der Waals surface area contributed by atoms with E-state index in [2.05, 4.69) is 5.32 Å². The molecule has 0 saturated carbocycles. The Morgan fingerprint density at radius 3 is 2.43 bits per heavy atom. The van der Waals surface area contributed by atoms with E-state index in [1.165, 1.54) is 27.8 Å². The third kappa shape index (κ3) is 5.52. The van der Waals surface area contributed by atoms with Crippen LogP contribution in [0.1, 0.15) is 25.8 Å². The molecule has 194 valence electrons. The van der Waals surface area contributed by atoms with Crippen LogP contribution in [-0.4, -0.2) is 75.0 Å². The van der Waals surface area contributed by atoms with Crippen LogP contribution in [0.15, 0.2) is 46.0 Å². The lowest BCUT2D eigenvalue weighted by Gasteiger charge is -2.43. The van der Waals surface area contributed by atoms with Crippen LogP contribution in [-0.2, 0) is 20.4 Å². The second-order valence-electron chi connectivity index (χ2n) is 9.30. The molecule has 2 fully saturated rings. The predicted octanol–water partition coefficient (Wildman–Crippen LogP) is 3.16. The summed E-state index contributed by atoms with van der Waals surface area (Å²) in [5.74, 6) is 0. The number of anilines is 1. The van der Waals surface area contributed by atoms with Crippen LogP contribution in [0.5, 0.6) is 0 Å². The van der Waals surface area contributed by atoms with E-state index in [9.17, 15) is 26.7 Å². The molecule has 0 radical (unpaired) electrons. The minimum Gasteiger partial charge on any atom is -0.378 e. The van der Waals surface area contributed by atoms with Crippen molar-refractivity contribution in [1.29, 1.82) is 0 Å². The number of nitrogens with one attached hydrogen (secondary N) is 1. The molecule has 0 amide bonds. The molecule has 0 aliphatic carbocycles. The van der Waals surface area contributed by atoms with Crippen molar-refractivity contribution < 1.29 is 31.4 Å². The van der Waals surface area contributed by atoms with E-state index >= 15 is 0 Å². The van der Waals surface area contributed by atoms with Gasteiger partial charge in [0.1, 0.15) is 4.21 Å². The Bertz CT molecular complexity index is 1090. The maximum Gasteiger partial charge on any atom is 0.421 e. The van der Waals surface area contributed by atoms with E-state index in [1.54, 1.807) is 29.6 Å². The molecule has 4 rings (SSSR count). The quantitative estimate of drug-likeness (QED) is 0.543. The lowest BCUT2D eigenvalue weighted by atomic mass is 9.94. The zero-order chi connectivity index (χ0) is 25.4. The Kier molecular flexibility index (Phi) is 7.52. The molecule has 2 aliphatic heterocycles. The summed E-state index contributed by atoms with van der Waals surface area (Å²) in [6.07, 6.45) is -4.17. The van der Waals surface area contributed by atoms with Gasteiger partial charge >= 0.3 is 6.18 Å². The minimum absolute atomic E-state index is 0.0750. The number of halogens is 3. The second-order valence-corrected chi connectivity index (χ2v) is 12.4. The number of alkyl halides is 3. The van der Waals surface area contributed by atoms with Crippen LogP contribution in [0.4, 0.5) is 18.9 Å². The fourth-order valence-electron chi connectivity index (χ4n) is 4.48. The van der Waals surface area contributed by atoms with Gasteiger partial charge in [-0.25, -0.2) is 8.42 Å². The number of aliphatic hydroxyl groups is 1. The number of hydrogen-bond acceptors (Lipinski definition) is 7. The normalized spacial score (nSPS) is 23.0. The lowest BCUT2D eigenvalue weighted by Crippen LogP contribution is -2.57. The van der Waals surface area contributed by atoms with Crippen molar-refractivity contribution in [2.24, 2.45) is 0 Å². The first kappa shape index (κ1) is 26.4. The molecule has 0 spiro atoms. The number of thiophene rings is 1. The van der Waals surface area contributed by atoms with Crippen molar-refractivity contribution in [1.82, 2.24) is 9.62 Å². The first-order valence-corrected chi connectivity index (χ1v) is 13.8. The van der Waals surface area contributed by atoms with E-state index in [1.807, 2.05) is 11.8 Å². The highest BCUT2D eigenvalue weighted by atomic mass is 32.2. The molecule has 1 unspecified atom stereocenters. The molecular formula is C23H30F3N3O4S2. The Labute approximate surface area is 207 Å². The van der Waals surface area contributed by atoms with Crippen molar-refractivity contribution in [2.45, 2.75) is 54.4 Å². The van der Waals surface area contributed by atoms with Crippen molar-refractivity contribution in [3.05, 3.63) is 47.3 Å². The van der Waals surface area contributed by atoms with Crippen LogP contribution in [0.2, 0.25) is 0 Å². The predicted molar refractivity (Wildman–Crippen MR) is 128 cm³/mol. The van der Waals surface area contributed by atoms with Crippen molar-refractivity contribution in [2.75, 3.05) is 37.7 Å². The summed E-state index contributed by atoms with van der Waals surface area (Å²) in [5.41, 5.74) is -2.52. The standard InChI is InChI=1S/C23H30F3N3O4S2/c1-16(27-18-14-33-15-18)12-20-13-28(35(31,32)21-4-3-11-34-21)9-10-29(20)19-7-5-17(6-8-19)22(2,30)23(24,25)26/h3-8,11,16,18,20,27,30H,9-10,12-15H2,1-2H3/t16?,20-,22-/m0/s1. The number of rotatable bonds is 8. The molecular weight excluding hydrogens is 503 g/mol. The number of nitrogens with zero attached hydrogens (tertiary/aromatic N) is 2.